The number of hydrogen-bond donors (Lipinski definition) is 1. The smallest absolute Gasteiger partial charge is 0.241 e. The van der Waals surface area contributed by atoms with Crippen LogP contribution in [0, 0.1) is 19.7 Å². The second-order valence-corrected chi connectivity index (χ2v) is 7.85. The molecule has 0 aliphatic heterocycles. The van der Waals surface area contributed by atoms with Crippen LogP contribution in [0.1, 0.15) is 16.7 Å². The zero-order valence-electron chi connectivity index (χ0n) is 14.4. The van der Waals surface area contributed by atoms with Crippen molar-refractivity contribution in [2.24, 2.45) is 0 Å². The average Bonchev–Trinajstić information content (AvgIpc) is 2.54. The van der Waals surface area contributed by atoms with Crippen molar-refractivity contribution in [3.63, 3.8) is 0 Å². The van der Waals surface area contributed by atoms with Crippen LogP contribution in [0.5, 0.6) is 0 Å². The molecule has 0 radical (unpaired) electrons. The molecule has 0 unspecified atom stereocenters. The average molecular weight is 364 g/mol. The molecule has 25 heavy (non-hydrogen) atoms. The van der Waals surface area contributed by atoms with E-state index >= 15 is 0 Å². The lowest BCUT2D eigenvalue weighted by Crippen LogP contribution is -2.40. The molecule has 0 spiro atoms. The third-order valence-corrected chi connectivity index (χ3v) is 5.01. The largest absolute Gasteiger partial charge is 0.350 e. The molecule has 0 saturated heterocycles. The predicted molar refractivity (Wildman–Crippen MR) is 96.4 cm³/mol. The molecule has 1 N–H and O–H groups in total. The van der Waals surface area contributed by atoms with Gasteiger partial charge in [-0.15, -0.1) is 0 Å². The van der Waals surface area contributed by atoms with Crippen molar-refractivity contribution in [2.75, 3.05) is 17.1 Å². The van der Waals surface area contributed by atoms with Gasteiger partial charge in [0.15, 0.2) is 0 Å². The predicted octanol–water partition coefficient (Wildman–Crippen LogP) is 2.52. The number of hydrogen-bond acceptors (Lipinski definition) is 3. The molecule has 0 saturated carbocycles. The molecule has 2 aromatic carbocycles. The molecule has 2 rings (SSSR count). The lowest BCUT2D eigenvalue weighted by molar-refractivity contribution is -0.119. The molecular weight excluding hydrogens is 343 g/mol. The normalized spacial score (nSPS) is 11.2. The van der Waals surface area contributed by atoms with Gasteiger partial charge in [0.25, 0.3) is 0 Å². The first-order chi connectivity index (χ1) is 11.7. The summed E-state index contributed by atoms with van der Waals surface area (Å²) in [6, 6.07) is 11.0. The second kappa shape index (κ2) is 7.65. The molecule has 2 aromatic rings. The van der Waals surface area contributed by atoms with Crippen LogP contribution < -0.4 is 9.62 Å². The zero-order valence-corrected chi connectivity index (χ0v) is 15.2. The number of nitrogens with zero attached hydrogens (tertiary/aromatic N) is 1. The quantitative estimate of drug-likeness (QED) is 0.857. The summed E-state index contributed by atoms with van der Waals surface area (Å²) in [5, 5.41) is 2.65. The minimum atomic E-state index is -3.61. The van der Waals surface area contributed by atoms with Crippen molar-refractivity contribution in [1.82, 2.24) is 5.32 Å². The number of amides is 1. The van der Waals surface area contributed by atoms with Gasteiger partial charge in [0.05, 0.1) is 11.9 Å². The summed E-state index contributed by atoms with van der Waals surface area (Å²) >= 11 is 0. The Kier molecular flexibility index (Phi) is 5.79. The van der Waals surface area contributed by atoms with Crippen LogP contribution in [0.15, 0.2) is 42.5 Å². The van der Waals surface area contributed by atoms with Crippen LogP contribution >= 0.6 is 0 Å². The van der Waals surface area contributed by atoms with E-state index in [1.807, 2.05) is 19.9 Å². The zero-order chi connectivity index (χ0) is 18.6. The lowest BCUT2D eigenvalue weighted by atomic mass is 10.1. The Bertz CT molecular complexity index is 864. The van der Waals surface area contributed by atoms with E-state index < -0.39 is 15.9 Å². The van der Waals surface area contributed by atoms with Gasteiger partial charge in [-0.3, -0.25) is 9.10 Å². The minimum Gasteiger partial charge on any atom is -0.350 e. The van der Waals surface area contributed by atoms with Crippen LogP contribution in [0.3, 0.4) is 0 Å². The Morgan fingerprint density at radius 2 is 1.72 bits per heavy atom. The van der Waals surface area contributed by atoms with Crippen molar-refractivity contribution in [3.8, 4) is 0 Å². The van der Waals surface area contributed by atoms with Crippen LogP contribution in [0.25, 0.3) is 0 Å². The van der Waals surface area contributed by atoms with Crippen LogP contribution in [-0.2, 0) is 21.4 Å². The summed E-state index contributed by atoms with van der Waals surface area (Å²) in [7, 11) is -3.61. The highest BCUT2D eigenvalue weighted by Gasteiger charge is 2.21. The highest BCUT2D eigenvalue weighted by Crippen LogP contribution is 2.21. The number of anilines is 1. The van der Waals surface area contributed by atoms with E-state index in [0.717, 1.165) is 27.3 Å². The van der Waals surface area contributed by atoms with E-state index in [-0.39, 0.29) is 18.9 Å². The molecule has 0 heterocycles. The molecule has 134 valence electrons. The molecule has 0 bridgehead atoms. The maximum Gasteiger partial charge on any atom is 0.241 e. The minimum absolute atomic E-state index is 0.198. The summed E-state index contributed by atoms with van der Waals surface area (Å²) in [5.74, 6) is -0.791. The topological polar surface area (TPSA) is 66.5 Å². The van der Waals surface area contributed by atoms with Crippen molar-refractivity contribution < 1.29 is 17.6 Å². The summed E-state index contributed by atoms with van der Waals surface area (Å²) in [6.07, 6.45) is 1.06. The number of rotatable bonds is 6. The molecule has 5 nitrogen and oxygen atoms in total. The molecule has 1 amide bonds. The standard InChI is InChI=1S/C18H21FN2O3S/c1-13-4-9-17(10-14(13)2)21(25(3,23)24)12-18(22)20-11-15-5-7-16(19)8-6-15/h4-10H,11-12H2,1-3H3,(H,20,22). The Hall–Kier alpha value is -2.41. The Labute approximate surface area is 147 Å². The highest BCUT2D eigenvalue weighted by atomic mass is 32.2. The van der Waals surface area contributed by atoms with Gasteiger partial charge in [0, 0.05) is 6.54 Å². The number of nitrogens with one attached hydrogen (secondary N) is 1. The van der Waals surface area contributed by atoms with Crippen molar-refractivity contribution in [1.29, 1.82) is 0 Å². The van der Waals surface area contributed by atoms with E-state index in [0.29, 0.717) is 5.69 Å². The fraction of sp³-hybridized carbons (Fsp3) is 0.278. The Morgan fingerprint density at radius 1 is 1.08 bits per heavy atom. The van der Waals surface area contributed by atoms with Crippen LogP contribution in [0.2, 0.25) is 0 Å². The van der Waals surface area contributed by atoms with Gasteiger partial charge in [-0.05, 0) is 54.8 Å². The monoisotopic (exact) mass is 364 g/mol. The van der Waals surface area contributed by atoms with Crippen molar-refractivity contribution >= 4 is 21.6 Å². The van der Waals surface area contributed by atoms with Crippen molar-refractivity contribution in [2.45, 2.75) is 20.4 Å². The first kappa shape index (κ1) is 18.9. The lowest BCUT2D eigenvalue weighted by Gasteiger charge is -2.22. The third-order valence-electron chi connectivity index (χ3n) is 3.87. The SMILES string of the molecule is Cc1ccc(N(CC(=O)NCc2ccc(F)cc2)S(C)(=O)=O)cc1C. The van der Waals surface area contributed by atoms with E-state index in [4.69, 9.17) is 0 Å². The maximum atomic E-state index is 12.9. The number of halogens is 1. The number of benzene rings is 2. The van der Waals surface area contributed by atoms with Gasteiger partial charge in [-0.25, -0.2) is 12.8 Å². The Morgan fingerprint density at radius 3 is 2.28 bits per heavy atom. The van der Waals surface area contributed by atoms with Gasteiger partial charge in [0.1, 0.15) is 12.4 Å². The summed E-state index contributed by atoms with van der Waals surface area (Å²) < 4.78 is 38.1. The van der Waals surface area contributed by atoms with E-state index in [9.17, 15) is 17.6 Å². The fourth-order valence-corrected chi connectivity index (χ4v) is 3.12. The highest BCUT2D eigenvalue weighted by molar-refractivity contribution is 7.92. The summed E-state index contributed by atoms with van der Waals surface area (Å²) in [5.41, 5.74) is 3.16. The van der Waals surface area contributed by atoms with Gasteiger partial charge in [-0.1, -0.05) is 18.2 Å². The summed E-state index contributed by atoms with van der Waals surface area (Å²) in [4.78, 5) is 12.2. The van der Waals surface area contributed by atoms with Gasteiger partial charge in [0.2, 0.25) is 15.9 Å². The number of carbonyl (C=O) groups is 1. The molecule has 0 aliphatic rings. The third kappa shape index (κ3) is 5.29. The molecule has 0 atom stereocenters. The first-order valence-electron chi connectivity index (χ1n) is 7.73. The van der Waals surface area contributed by atoms with Gasteiger partial charge in [-0.2, -0.15) is 0 Å². The molecule has 0 fully saturated rings. The number of sulfonamides is 1. The Balaban J connectivity index is 2.10. The second-order valence-electron chi connectivity index (χ2n) is 5.94. The molecule has 7 heteroatoms. The van der Waals surface area contributed by atoms with Crippen molar-refractivity contribution in [3.05, 3.63) is 65.0 Å². The van der Waals surface area contributed by atoms with E-state index in [2.05, 4.69) is 5.32 Å². The maximum absolute atomic E-state index is 12.9. The number of carbonyl (C=O) groups excluding carboxylic acids is 1. The van der Waals surface area contributed by atoms with Gasteiger partial charge >= 0.3 is 0 Å². The van der Waals surface area contributed by atoms with Crippen LogP contribution in [-0.4, -0.2) is 27.1 Å². The molecular formula is C18H21FN2O3S. The fourth-order valence-electron chi connectivity index (χ4n) is 2.27. The first-order valence-corrected chi connectivity index (χ1v) is 9.58. The van der Waals surface area contributed by atoms with Gasteiger partial charge < -0.3 is 5.32 Å². The van der Waals surface area contributed by atoms with Crippen LogP contribution in [0.4, 0.5) is 10.1 Å². The van der Waals surface area contributed by atoms with E-state index in [1.165, 1.54) is 12.1 Å². The molecule has 0 aliphatic carbocycles. The number of aryl methyl sites for hydroxylation is 2. The molecule has 0 aromatic heterocycles. The summed E-state index contributed by atoms with van der Waals surface area (Å²) in [6.45, 7) is 3.69. The van der Waals surface area contributed by atoms with E-state index in [1.54, 1.807) is 24.3 Å².